The van der Waals surface area contributed by atoms with Gasteiger partial charge in [0.15, 0.2) is 0 Å². The van der Waals surface area contributed by atoms with Crippen LogP contribution in [0.25, 0.3) is 6.08 Å². The number of anilines is 1. The first-order valence-electron chi connectivity index (χ1n) is 13.7. The van der Waals surface area contributed by atoms with E-state index in [9.17, 15) is 14.9 Å². The number of benzene rings is 4. The fourth-order valence-corrected chi connectivity index (χ4v) is 5.65. The summed E-state index contributed by atoms with van der Waals surface area (Å²) >= 11 is 0. The highest BCUT2D eigenvalue weighted by molar-refractivity contribution is 5.91. The number of methoxy groups -OCH3 is 1. The van der Waals surface area contributed by atoms with Gasteiger partial charge < -0.3 is 19.1 Å². The zero-order valence-corrected chi connectivity index (χ0v) is 24.1. The van der Waals surface area contributed by atoms with E-state index in [4.69, 9.17) is 19.2 Å². The highest BCUT2D eigenvalue weighted by Gasteiger charge is 2.57. The molecule has 0 amide bonds. The van der Waals surface area contributed by atoms with E-state index in [2.05, 4.69) is 24.8 Å². The number of rotatable bonds is 6. The van der Waals surface area contributed by atoms with E-state index < -0.39 is 22.0 Å². The summed E-state index contributed by atoms with van der Waals surface area (Å²) in [4.78, 5) is 30.1. The summed E-state index contributed by atoms with van der Waals surface area (Å²) in [6, 6.07) is 24.6. The Bertz CT molecular complexity index is 1790. The highest BCUT2D eigenvalue weighted by atomic mass is 16.6. The zero-order valence-electron chi connectivity index (χ0n) is 24.1. The normalized spacial score (nSPS) is 17.8. The first-order valence-corrected chi connectivity index (χ1v) is 13.7. The van der Waals surface area contributed by atoms with E-state index in [1.54, 1.807) is 55.8 Å². The molecule has 6 rings (SSSR count). The Kier molecular flexibility index (Phi) is 6.73. The minimum absolute atomic E-state index is 0.0250. The molecule has 4 aromatic rings. The van der Waals surface area contributed by atoms with Crippen molar-refractivity contribution in [3.8, 4) is 17.2 Å². The maximum absolute atomic E-state index is 12.5. The predicted molar refractivity (Wildman–Crippen MR) is 165 cm³/mol. The van der Waals surface area contributed by atoms with Crippen molar-refractivity contribution in [2.45, 2.75) is 25.0 Å². The third-order valence-corrected chi connectivity index (χ3v) is 8.15. The third-order valence-electron chi connectivity index (χ3n) is 8.15. The second-order valence-electron chi connectivity index (χ2n) is 10.9. The minimum Gasteiger partial charge on any atom is -0.497 e. The SMILES string of the molecule is COc1ccc(C(=O)Oc2ccc(C=Nc3ccc4c(c3)C(C)(C)C3(C=Cc5cc([N+](=O)[O-])ccc5O3)N4C)cc2)cc1. The van der Waals surface area contributed by atoms with Crippen LogP contribution in [-0.4, -0.2) is 37.0 Å². The van der Waals surface area contributed by atoms with Crippen LogP contribution < -0.4 is 19.1 Å². The summed E-state index contributed by atoms with van der Waals surface area (Å²) in [5.74, 6) is 1.24. The van der Waals surface area contributed by atoms with Crippen molar-refractivity contribution in [1.29, 1.82) is 0 Å². The molecular weight excluding hydrogens is 546 g/mol. The van der Waals surface area contributed by atoms with Crippen LogP contribution >= 0.6 is 0 Å². The van der Waals surface area contributed by atoms with E-state index in [1.807, 2.05) is 43.5 Å². The van der Waals surface area contributed by atoms with Crippen molar-refractivity contribution < 1.29 is 23.9 Å². The molecule has 0 bridgehead atoms. The van der Waals surface area contributed by atoms with Gasteiger partial charge in [0.25, 0.3) is 5.69 Å². The molecule has 1 atom stereocenters. The van der Waals surface area contributed by atoms with Crippen molar-refractivity contribution in [3.63, 3.8) is 0 Å². The quantitative estimate of drug-likeness (QED) is 0.0794. The number of hydrogen-bond donors (Lipinski definition) is 0. The number of nitro benzene ring substituents is 1. The zero-order chi connectivity index (χ0) is 30.4. The van der Waals surface area contributed by atoms with Gasteiger partial charge in [0.2, 0.25) is 5.72 Å². The summed E-state index contributed by atoms with van der Waals surface area (Å²) in [5, 5.41) is 11.2. The monoisotopic (exact) mass is 575 g/mol. The average molecular weight is 576 g/mol. The fraction of sp³-hybridized carbons (Fsp3) is 0.176. The van der Waals surface area contributed by atoms with Gasteiger partial charge in [0.05, 0.1) is 28.7 Å². The molecule has 0 aromatic heterocycles. The van der Waals surface area contributed by atoms with E-state index in [0.717, 1.165) is 22.5 Å². The number of hydrogen-bond acceptors (Lipinski definition) is 8. The van der Waals surface area contributed by atoms with Gasteiger partial charge in [0.1, 0.15) is 17.2 Å². The number of aliphatic imine (C=N–C) groups is 1. The molecule has 2 aliphatic heterocycles. The number of carbonyl (C=O) groups excluding carboxylic acids is 1. The summed E-state index contributed by atoms with van der Waals surface area (Å²) in [6.07, 6.45) is 5.64. The molecule has 2 aliphatic rings. The van der Waals surface area contributed by atoms with E-state index in [1.165, 1.54) is 12.1 Å². The maximum Gasteiger partial charge on any atom is 0.343 e. The Morgan fingerprint density at radius 1 is 0.977 bits per heavy atom. The highest BCUT2D eigenvalue weighted by Crippen LogP contribution is 2.55. The van der Waals surface area contributed by atoms with Gasteiger partial charge >= 0.3 is 5.97 Å². The standard InChI is InChI=1S/C34H29N3O6/c1-33(2)29-20-25(35-21-22-5-11-28(12-6-22)42-32(38)23-7-13-27(41-4)14-8-23)9-15-30(29)36(3)34(33)18-17-24-19-26(37(39)40)10-16-31(24)43-34/h5-21H,1-4H3. The summed E-state index contributed by atoms with van der Waals surface area (Å²) in [7, 11) is 3.56. The largest absolute Gasteiger partial charge is 0.497 e. The number of carbonyl (C=O) groups is 1. The number of nitro groups is 1. The molecule has 4 aromatic carbocycles. The van der Waals surface area contributed by atoms with Gasteiger partial charge in [0, 0.05) is 36.6 Å². The Labute approximate surface area is 248 Å². The second-order valence-corrected chi connectivity index (χ2v) is 10.9. The molecule has 0 fully saturated rings. The van der Waals surface area contributed by atoms with Crippen molar-refractivity contribution in [1.82, 2.24) is 0 Å². The molecule has 0 saturated carbocycles. The van der Waals surface area contributed by atoms with Gasteiger partial charge in [-0.2, -0.15) is 0 Å². The average Bonchev–Trinajstić information content (AvgIpc) is 3.17. The minimum atomic E-state index is -0.820. The van der Waals surface area contributed by atoms with Crippen LogP contribution in [-0.2, 0) is 5.41 Å². The lowest BCUT2D eigenvalue weighted by Crippen LogP contribution is -2.58. The molecule has 0 saturated heterocycles. The molecule has 1 spiro atoms. The molecule has 2 heterocycles. The fourth-order valence-electron chi connectivity index (χ4n) is 5.65. The lowest BCUT2D eigenvalue weighted by molar-refractivity contribution is -0.384. The van der Waals surface area contributed by atoms with Crippen molar-refractivity contribution >= 4 is 35.3 Å². The van der Waals surface area contributed by atoms with Crippen LogP contribution in [0.1, 0.15) is 40.9 Å². The van der Waals surface area contributed by atoms with Crippen LogP contribution in [0, 0.1) is 10.1 Å². The molecule has 0 aliphatic carbocycles. The number of likely N-dealkylation sites (N-methyl/N-ethyl adjacent to an activating group) is 1. The van der Waals surface area contributed by atoms with E-state index in [0.29, 0.717) is 28.4 Å². The van der Waals surface area contributed by atoms with Gasteiger partial charge in [-0.1, -0.05) is 0 Å². The van der Waals surface area contributed by atoms with Crippen LogP contribution in [0.4, 0.5) is 17.1 Å². The molecule has 0 radical (unpaired) electrons. The smallest absolute Gasteiger partial charge is 0.343 e. The van der Waals surface area contributed by atoms with Crippen molar-refractivity contribution in [3.05, 3.63) is 123 Å². The topological polar surface area (TPSA) is 104 Å². The first kappa shape index (κ1) is 27.7. The molecule has 43 heavy (non-hydrogen) atoms. The molecule has 1 unspecified atom stereocenters. The van der Waals surface area contributed by atoms with Gasteiger partial charge in [-0.15, -0.1) is 0 Å². The summed E-state index contributed by atoms with van der Waals surface area (Å²) in [5.41, 5.74) is 3.55. The second kappa shape index (κ2) is 10.4. The molecule has 9 nitrogen and oxygen atoms in total. The van der Waals surface area contributed by atoms with E-state index >= 15 is 0 Å². The Morgan fingerprint density at radius 3 is 2.40 bits per heavy atom. The Balaban J connectivity index is 1.19. The molecule has 9 heteroatoms. The number of esters is 1. The Morgan fingerprint density at radius 2 is 1.70 bits per heavy atom. The van der Waals surface area contributed by atoms with E-state index in [-0.39, 0.29) is 5.69 Å². The van der Waals surface area contributed by atoms with Crippen LogP contribution in [0.15, 0.2) is 96.0 Å². The Hall–Kier alpha value is -5.44. The maximum atomic E-state index is 12.5. The molecular formula is C34H29N3O6. The number of non-ortho nitro benzene ring substituents is 1. The number of fused-ring (bicyclic) bond motifs is 2. The molecule has 216 valence electrons. The lowest BCUT2D eigenvalue weighted by atomic mass is 9.76. The number of ether oxygens (including phenoxy) is 3. The third kappa shape index (κ3) is 4.78. The van der Waals surface area contributed by atoms with Crippen LogP contribution in [0.3, 0.4) is 0 Å². The summed E-state index contributed by atoms with van der Waals surface area (Å²) < 4.78 is 17.2. The number of nitrogens with zero attached hydrogens (tertiary/aromatic N) is 3. The van der Waals surface area contributed by atoms with Crippen LogP contribution in [0.2, 0.25) is 0 Å². The molecule has 0 N–H and O–H groups in total. The van der Waals surface area contributed by atoms with Gasteiger partial charge in [-0.05, 0) is 110 Å². The van der Waals surface area contributed by atoms with Crippen molar-refractivity contribution in [2.24, 2.45) is 4.99 Å². The van der Waals surface area contributed by atoms with Crippen molar-refractivity contribution in [2.75, 3.05) is 19.1 Å². The van der Waals surface area contributed by atoms with Gasteiger partial charge in [-0.3, -0.25) is 15.1 Å². The lowest BCUT2D eigenvalue weighted by Gasteiger charge is -2.45. The summed E-state index contributed by atoms with van der Waals surface area (Å²) in [6.45, 7) is 4.24. The predicted octanol–water partition coefficient (Wildman–Crippen LogP) is 7.10. The van der Waals surface area contributed by atoms with Crippen LogP contribution in [0.5, 0.6) is 17.2 Å². The van der Waals surface area contributed by atoms with Gasteiger partial charge in [-0.25, -0.2) is 4.79 Å². The first-order chi connectivity index (χ1) is 20.6.